The van der Waals surface area contributed by atoms with E-state index in [0.717, 1.165) is 16.7 Å². The number of esters is 1. The lowest BCUT2D eigenvalue weighted by atomic mass is 10.2. The average molecular weight is 390 g/mol. The van der Waals surface area contributed by atoms with Gasteiger partial charge in [0.2, 0.25) is 0 Å². The van der Waals surface area contributed by atoms with Crippen molar-refractivity contribution >= 4 is 58.2 Å². The summed E-state index contributed by atoms with van der Waals surface area (Å²) < 4.78 is 9.62. The van der Waals surface area contributed by atoms with Gasteiger partial charge < -0.3 is 9.47 Å². The highest BCUT2D eigenvalue weighted by molar-refractivity contribution is 8.18. The predicted octanol–water partition coefficient (Wildman–Crippen LogP) is 3.60. The molecule has 1 aromatic rings. The van der Waals surface area contributed by atoms with Crippen LogP contribution in [-0.2, 0) is 14.3 Å². The Morgan fingerprint density at radius 2 is 1.83 bits per heavy atom. The molecule has 0 unspecified atom stereocenters. The summed E-state index contributed by atoms with van der Waals surface area (Å²) in [5.41, 5.74) is 0.530. The van der Waals surface area contributed by atoms with Crippen LogP contribution in [0.2, 0.25) is 10.0 Å². The van der Waals surface area contributed by atoms with Gasteiger partial charge >= 0.3 is 5.97 Å². The van der Waals surface area contributed by atoms with Crippen LogP contribution in [0.25, 0.3) is 6.08 Å². The first kappa shape index (κ1) is 18.6. The Kier molecular flexibility index (Phi) is 5.79. The monoisotopic (exact) mass is 389 g/mol. The SMILES string of the molecule is COC(=O)[C@H](C)N1C(=O)S/C(=C/c2cc(Cl)c(OC)c(Cl)c2)C1=O. The minimum Gasteiger partial charge on any atom is -0.494 e. The second-order valence-corrected chi connectivity index (χ2v) is 6.58. The van der Waals surface area contributed by atoms with Crippen LogP contribution in [0.4, 0.5) is 4.79 Å². The Balaban J connectivity index is 2.34. The van der Waals surface area contributed by atoms with Gasteiger partial charge in [0.15, 0.2) is 5.75 Å². The van der Waals surface area contributed by atoms with Gasteiger partial charge in [-0.3, -0.25) is 14.5 Å². The first-order valence-electron chi connectivity index (χ1n) is 6.68. The topological polar surface area (TPSA) is 72.9 Å². The molecule has 128 valence electrons. The van der Waals surface area contributed by atoms with E-state index in [2.05, 4.69) is 4.74 Å². The molecule has 2 rings (SSSR count). The van der Waals surface area contributed by atoms with Crippen LogP contribution in [0.15, 0.2) is 17.0 Å². The second kappa shape index (κ2) is 7.46. The largest absolute Gasteiger partial charge is 0.494 e. The molecule has 1 heterocycles. The standard InChI is InChI=1S/C15H13Cl2NO5S/c1-7(14(20)23-3)18-13(19)11(24-15(18)21)6-8-4-9(16)12(22-2)10(17)5-8/h4-7H,1-3H3/b11-6+/t7-/m0/s1. The van der Waals surface area contributed by atoms with E-state index >= 15 is 0 Å². The fourth-order valence-corrected chi connectivity index (χ4v) is 3.67. The first-order chi connectivity index (χ1) is 11.3. The number of imide groups is 1. The zero-order valence-electron chi connectivity index (χ0n) is 13.0. The average Bonchev–Trinajstić information content (AvgIpc) is 2.79. The number of carbonyl (C=O) groups is 3. The van der Waals surface area contributed by atoms with Crippen LogP contribution >= 0.6 is 35.0 Å². The lowest BCUT2D eigenvalue weighted by molar-refractivity contribution is -0.148. The Morgan fingerprint density at radius 3 is 2.33 bits per heavy atom. The van der Waals surface area contributed by atoms with Gasteiger partial charge in [-0.2, -0.15) is 0 Å². The number of carbonyl (C=O) groups excluding carboxylic acids is 3. The predicted molar refractivity (Wildman–Crippen MR) is 92.3 cm³/mol. The van der Waals surface area contributed by atoms with Crippen molar-refractivity contribution in [2.45, 2.75) is 13.0 Å². The van der Waals surface area contributed by atoms with Crippen molar-refractivity contribution in [3.05, 3.63) is 32.6 Å². The molecule has 6 nitrogen and oxygen atoms in total. The van der Waals surface area contributed by atoms with Crippen molar-refractivity contribution in [1.29, 1.82) is 0 Å². The van der Waals surface area contributed by atoms with E-state index in [1.54, 1.807) is 12.1 Å². The third-order valence-electron chi connectivity index (χ3n) is 3.28. The molecule has 0 saturated carbocycles. The van der Waals surface area contributed by atoms with E-state index in [1.807, 2.05) is 0 Å². The lowest BCUT2D eigenvalue weighted by Gasteiger charge is -2.18. The third-order valence-corrected chi connectivity index (χ3v) is 4.72. The van der Waals surface area contributed by atoms with Crippen LogP contribution in [0.1, 0.15) is 12.5 Å². The molecule has 0 spiro atoms. The maximum absolute atomic E-state index is 12.4. The van der Waals surface area contributed by atoms with Gasteiger partial charge in [0, 0.05) is 0 Å². The summed E-state index contributed by atoms with van der Waals surface area (Å²) in [6.45, 7) is 1.42. The number of nitrogens with zero attached hydrogens (tertiary/aromatic N) is 1. The van der Waals surface area contributed by atoms with Crippen molar-refractivity contribution < 1.29 is 23.9 Å². The Hall–Kier alpha value is -1.70. The summed E-state index contributed by atoms with van der Waals surface area (Å²) in [6.07, 6.45) is 1.48. The minimum absolute atomic E-state index is 0.160. The third kappa shape index (κ3) is 3.53. The molecular formula is C15H13Cl2NO5S. The van der Waals surface area contributed by atoms with Crippen molar-refractivity contribution in [2.75, 3.05) is 14.2 Å². The number of amides is 2. The molecule has 1 aliphatic rings. The highest BCUT2D eigenvalue weighted by atomic mass is 35.5. The number of methoxy groups -OCH3 is 2. The number of hydrogen-bond donors (Lipinski definition) is 0. The molecule has 1 aliphatic heterocycles. The summed E-state index contributed by atoms with van der Waals surface area (Å²) in [4.78, 5) is 37.0. The summed E-state index contributed by atoms with van der Waals surface area (Å²) in [5.74, 6) is -0.928. The fourth-order valence-electron chi connectivity index (χ4n) is 2.10. The van der Waals surface area contributed by atoms with Gasteiger partial charge in [-0.1, -0.05) is 23.2 Å². The van der Waals surface area contributed by atoms with Gasteiger partial charge in [-0.15, -0.1) is 0 Å². The van der Waals surface area contributed by atoms with Gasteiger partial charge in [-0.05, 0) is 42.5 Å². The smallest absolute Gasteiger partial charge is 0.328 e. The molecule has 24 heavy (non-hydrogen) atoms. The first-order valence-corrected chi connectivity index (χ1v) is 8.25. The van der Waals surface area contributed by atoms with E-state index < -0.39 is 23.2 Å². The van der Waals surface area contributed by atoms with Crippen molar-refractivity contribution in [3.8, 4) is 5.75 Å². The van der Waals surface area contributed by atoms with Crippen molar-refractivity contribution in [1.82, 2.24) is 4.90 Å². The number of hydrogen-bond acceptors (Lipinski definition) is 6. The molecule has 0 aliphatic carbocycles. The van der Waals surface area contributed by atoms with Crippen LogP contribution in [-0.4, -0.2) is 42.3 Å². The molecule has 2 amide bonds. The molecular weight excluding hydrogens is 377 g/mol. The number of halogens is 2. The van der Waals surface area contributed by atoms with Crippen molar-refractivity contribution in [3.63, 3.8) is 0 Å². The number of benzene rings is 1. The molecule has 9 heteroatoms. The number of ether oxygens (including phenoxy) is 2. The molecule has 1 aromatic carbocycles. The molecule has 0 radical (unpaired) electrons. The maximum Gasteiger partial charge on any atom is 0.328 e. The lowest BCUT2D eigenvalue weighted by Crippen LogP contribution is -2.42. The van der Waals surface area contributed by atoms with E-state index in [-0.39, 0.29) is 15.0 Å². The van der Waals surface area contributed by atoms with Gasteiger partial charge in [0.05, 0.1) is 29.2 Å². The second-order valence-electron chi connectivity index (χ2n) is 4.77. The Labute approximate surface area is 152 Å². The summed E-state index contributed by atoms with van der Waals surface area (Å²) in [5, 5.41) is 0.00618. The van der Waals surface area contributed by atoms with Gasteiger partial charge in [0.1, 0.15) is 6.04 Å². The van der Waals surface area contributed by atoms with E-state index in [9.17, 15) is 14.4 Å². The summed E-state index contributed by atoms with van der Waals surface area (Å²) >= 11 is 12.8. The zero-order chi connectivity index (χ0) is 18.0. The quantitative estimate of drug-likeness (QED) is 0.578. The van der Waals surface area contributed by atoms with Crippen molar-refractivity contribution in [2.24, 2.45) is 0 Å². The molecule has 1 saturated heterocycles. The molecule has 1 fully saturated rings. The van der Waals surface area contributed by atoms with Crippen LogP contribution in [0, 0.1) is 0 Å². The molecule has 0 bridgehead atoms. The minimum atomic E-state index is -1.00. The van der Waals surface area contributed by atoms with E-state index in [1.165, 1.54) is 27.2 Å². The molecule has 0 aromatic heterocycles. The Bertz CT molecular complexity index is 726. The summed E-state index contributed by atoms with van der Waals surface area (Å²) in [6, 6.07) is 2.12. The summed E-state index contributed by atoms with van der Waals surface area (Å²) in [7, 11) is 2.63. The molecule has 1 atom stereocenters. The van der Waals surface area contributed by atoms with Gasteiger partial charge in [0.25, 0.3) is 11.1 Å². The highest BCUT2D eigenvalue weighted by Gasteiger charge is 2.41. The van der Waals surface area contributed by atoms with E-state index in [0.29, 0.717) is 11.3 Å². The zero-order valence-corrected chi connectivity index (χ0v) is 15.3. The molecule has 0 N–H and O–H groups in total. The van der Waals surface area contributed by atoms with Crippen LogP contribution in [0.5, 0.6) is 5.75 Å². The Morgan fingerprint density at radius 1 is 1.25 bits per heavy atom. The number of rotatable bonds is 4. The highest BCUT2D eigenvalue weighted by Crippen LogP contribution is 2.37. The van der Waals surface area contributed by atoms with E-state index in [4.69, 9.17) is 27.9 Å². The fraction of sp³-hybridized carbons (Fsp3) is 0.267. The van der Waals surface area contributed by atoms with Gasteiger partial charge in [-0.25, -0.2) is 4.79 Å². The van der Waals surface area contributed by atoms with Crippen LogP contribution < -0.4 is 4.74 Å². The van der Waals surface area contributed by atoms with Crippen LogP contribution in [0.3, 0.4) is 0 Å². The normalized spacial score (nSPS) is 17.4. The number of thioether (sulfide) groups is 1. The maximum atomic E-state index is 12.4.